The first-order valence-electron chi connectivity index (χ1n) is 9.31. The van der Waals surface area contributed by atoms with E-state index in [1.54, 1.807) is 31.2 Å². The molecule has 0 bridgehead atoms. The highest BCUT2D eigenvalue weighted by atomic mass is 35.5. The molecule has 148 valence electrons. The number of aliphatic imine (C=N–C) groups is 2. The number of para-hydroxylation sites is 1. The Kier molecular flexibility index (Phi) is 5.43. The molecule has 2 amide bonds. The van der Waals surface area contributed by atoms with E-state index in [4.69, 9.17) is 11.6 Å². The summed E-state index contributed by atoms with van der Waals surface area (Å²) in [6, 6.07) is 14.1. The van der Waals surface area contributed by atoms with Gasteiger partial charge in [0.2, 0.25) is 5.91 Å². The van der Waals surface area contributed by atoms with Crippen LogP contribution in [0.5, 0.6) is 0 Å². The van der Waals surface area contributed by atoms with Crippen LogP contribution < -0.4 is 5.32 Å². The molecule has 2 aromatic rings. The maximum atomic E-state index is 12.8. The van der Waals surface area contributed by atoms with E-state index < -0.39 is 11.3 Å². The number of benzene rings is 2. The molecule has 0 saturated heterocycles. The predicted molar refractivity (Wildman–Crippen MR) is 118 cm³/mol. The van der Waals surface area contributed by atoms with Crippen LogP contribution in [0.2, 0.25) is 5.02 Å². The van der Waals surface area contributed by atoms with Crippen molar-refractivity contribution in [3.63, 3.8) is 0 Å². The van der Waals surface area contributed by atoms with E-state index in [1.165, 1.54) is 16.7 Å². The van der Waals surface area contributed by atoms with Gasteiger partial charge >= 0.3 is 0 Å². The van der Waals surface area contributed by atoms with Crippen molar-refractivity contribution in [2.75, 3.05) is 5.32 Å². The zero-order valence-corrected chi connectivity index (χ0v) is 17.5. The van der Waals surface area contributed by atoms with E-state index >= 15 is 0 Å². The molecule has 0 radical (unpaired) electrons. The van der Waals surface area contributed by atoms with E-state index in [-0.39, 0.29) is 11.8 Å². The van der Waals surface area contributed by atoms with Crippen molar-refractivity contribution in [3.8, 4) is 0 Å². The lowest BCUT2D eigenvalue weighted by Crippen LogP contribution is -2.42. The summed E-state index contributed by atoms with van der Waals surface area (Å²) in [5, 5.41) is 3.57. The standard InChI is InChI=1S/C21H19ClN4O2S/c1-3-17(19(27)24-14-10-8-13(22)9-11-14)29-21-25-16-7-5-4-6-15(16)18-23-12(2)20(28)26(18)21/h4-12,17H,3H2,1-2H3,(H,24,27)/t12-,17-/m1/s1. The number of thioether (sulfide) groups is 1. The Morgan fingerprint density at radius 3 is 2.69 bits per heavy atom. The number of carbonyl (C=O) groups is 2. The second-order valence-electron chi connectivity index (χ2n) is 6.72. The molecule has 29 heavy (non-hydrogen) atoms. The fourth-order valence-electron chi connectivity index (χ4n) is 3.16. The minimum Gasteiger partial charge on any atom is -0.325 e. The molecular weight excluding hydrogens is 408 g/mol. The monoisotopic (exact) mass is 426 g/mol. The van der Waals surface area contributed by atoms with E-state index in [1.807, 2.05) is 31.2 Å². The summed E-state index contributed by atoms with van der Waals surface area (Å²) in [5.41, 5.74) is 2.25. The Morgan fingerprint density at radius 1 is 1.24 bits per heavy atom. The van der Waals surface area contributed by atoms with Gasteiger partial charge in [0, 0.05) is 16.3 Å². The van der Waals surface area contributed by atoms with Crippen molar-refractivity contribution >= 4 is 57.6 Å². The third-order valence-electron chi connectivity index (χ3n) is 4.68. The predicted octanol–water partition coefficient (Wildman–Crippen LogP) is 4.47. The number of nitrogens with zero attached hydrogens (tertiary/aromatic N) is 3. The molecule has 8 heteroatoms. The number of amidine groups is 2. The quantitative estimate of drug-likeness (QED) is 0.783. The third kappa shape index (κ3) is 3.80. The fraction of sp³-hybridized carbons (Fsp3) is 0.238. The first-order valence-corrected chi connectivity index (χ1v) is 10.6. The van der Waals surface area contributed by atoms with Gasteiger partial charge in [-0.3, -0.25) is 14.6 Å². The average Bonchev–Trinajstić information content (AvgIpc) is 3.03. The highest BCUT2D eigenvalue weighted by molar-refractivity contribution is 8.15. The van der Waals surface area contributed by atoms with E-state index in [2.05, 4.69) is 15.3 Å². The van der Waals surface area contributed by atoms with Crippen LogP contribution in [0.25, 0.3) is 0 Å². The van der Waals surface area contributed by atoms with Gasteiger partial charge in [-0.25, -0.2) is 9.89 Å². The molecule has 2 aliphatic heterocycles. The van der Waals surface area contributed by atoms with Gasteiger partial charge in [-0.05, 0) is 49.7 Å². The smallest absolute Gasteiger partial charge is 0.258 e. The summed E-state index contributed by atoms with van der Waals surface area (Å²) in [4.78, 5) is 36.3. The third-order valence-corrected chi connectivity index (χ3v) is 6.25. The molecule has 0 saturated carbocycles. The minimum absolute atomic E-state index is 0.131. The van der Waals surface area contributed by atoms with Gasteiger partial charge in [0.05, 0.1) is 10.9 Å². The summed E-state index contributed by atoms with van der Waals surface area (Å²) in [7, 11) is 0. The Bertz CT molecular complexity index is 1040. The van der Waals surface area contributed by atoms with Gasteiger partial charge in [-0.1, -0.05) is 42.4 Å². The molecule has 0 aromatic heterocycles. The van der Waals surface area contributed by atoms with E-state index in [9.17, 15) is 9.59 Å². The van der Waals surface area contributed by atoms with Crippen molar-refractivity contribution in [2.24, 2.45) is 9.98 Å². The molecule has 0 spiro atoms. The molecule has 0 unspecified atom stereocenters. The number of fused-ring (bicyclic) bond motifs is 3. The summed E-state index contributed by atoms with van der Waals surface area (Å²) in [6.45, 7) is 3.70. The molecule has 0 aliphatic carbocycles. The largest absolute Gasteiger partial charge is 0.325 e. The summed E-state index contributed by atoms with van der Waals surface area (Å²) >= 11 is 7.18. The molecule has 6 nitrogen and oxygen atoms in total. The Morgan fingerprint density at radius 2 is 1.97 bits per heavy atom. The first-order chi connectivity index (χ1) is 14.0. The average molecular weight is 427 g/mol. The number of hydrogen-bond donors (Lipinski definition) is 1. The van der Waals surface area contributed by atoms with Crippen LogP contribution in [-0.4, -0.2) is 39.0 Å². The molecule has 1 N–H and O–H groups in total. The maximum absolute atomic E-state index is 12.8. The molecule has 2 heterocycles. The Hall–Kier alpha value is -2.64. The number of anilines is 1. The summed E-state index contributed by atoms with van der Waals surface area (Å²) in [6.07, 6.45) is 0.578. The van der Waals surface area contributed by atoms with Gasteiger partial charge in [-0.15, -0.1) is 0 Å². The lowest BCUT2D eigenvalue weighted by molar-refractivity contribution is -0.124. The maximum Gasteiger partial charge on any atom is 0.258 e. The number of hydrogen-bond acceptors (Lipinski definition) is 5. The van der Waals surface area contributed by atoms with Gasteiger partial charge in [0.25, 0.3) is 5.91 Å². The lowest BCUT2D eigenvalue weighted by atomic mass is 10.1. The van der Waals surface area contributed by atoms with Crippen LogP contribution in [0.15, 0.2) is 58.5 Å². The minimum atomic E-state index is -0.468. The second kappa shape index (κ2) is 8.00. The topological polar surface area (TPSA) is 74.1 Å². The first kappa shape index (κ1) is 19.7. The van der Waals surface area contributed by atoms with Crippen LogP contribution >= 0.6 is 23.4 Å². The zero-order chi connectivity index (χ0) is 20.5. The van der Waals surface area contributed by atoms with Gasteiger partial charge in [-0.2, -0.15) is 0 Å². The summed E-state index contributed by atoms with van der Waals surface area (Å²) < 4.78 is 0. The van der Waals surface area contributed by atoms with Crippen LogP contribution in [0.4, 0.5) is 11.4 Å². The summed E-state index contributed by atoms with van der Waals surface area (Å²) in [5.74, 6) is 0.317. The van der Waals surface area contributed by atoms with Crippen LogP contribution in [0.3, 0.4) is 0 Å². The molecule has 2 aromatic carbocycles. The second-order valence-corrected chi connectivity index (χ2v) is 8.33. The number of nitrogens with one attached hydrogen (secondary N) is 1. The number of carbonyl (C=O) groups excluding carboxylic acids is 2. The zero-order valence-electron chi connectivity index (χ0n) is 15.9. The number of halogens is 1. The van der Waals surface area contributed by atoms with Gasteiger partial charge in [0.15, 0.2) is 5.17 Å². The van der Waals surface area contributed by atoms with Crippen molar-refractivity contribution < 1.29 is 9.59 Å². The van der Waals surface area contributed by atoms with Gasteiger partial charge < -0.3 is 5.32 Å². The molecular formula is C21H19ClN4O2S. The van der Waals surface area contributed by atoms with Crippen molar-refractivity contribution in [3.05, 3.63) is 59.1 Å². The van der Waals surface area contributed by atoms with Crippen molar-refractivity contribution in [2.45, 2.75) is 31.6 Å². The molecule has 2 aliphatic rings. The normalized spacial score (nSPS) is 18.5. The molecule has 2 atom stereocenters. The number of rotatable bonds is 4. The Balaban J connectivity index is 1.60. The molecule has 4 rings (SSSR count). The molecule has 0 fully saturated rings. The van der Waals surface area contributed by atoms with Crippen molar-refractivity contribution in [1.82, 2.24) is 4.90 Å². The SMILES string of the molecule is CC[C@@H](SC1=Nc2ccccc2C2=N[C@H](C)C(=O)N12)C(=O)Nc1ccc(Cl)cc1. The highest BCUT2D eigenvalue weighted by Crippen LogP contribution is 2.35. The van der Waals surface area contributed by atoms with Crippen LogP contribution in [0, 0.1) is 0 Å². The lowest BCUT2D eigenvalue weighted by Gasteiger charge is -2.27. The van der Waals surface area contributed by atoms with Gasteiger partial charge in [0.1, 0.15) is 11.9 Å². The Labute approximate surface area is 178 Å². The van der Waals surface area contributed by atoms with E-state index in [0.717, 1.165) is 11.3 Å². The highest BCUT2D eigenvalue weighted by Gasteiger charge is 2.40. The van der Waals surface area contributed by atoms with E-state index in [0.29, 0.717) is 28.1 Å². The van der Waals surface area contributed by atoms with Crippen molar-refractivity contribution in [1.29, 1.82) is 0 Å². The number of amides is 2. The van der Waals surface area contributed by atoms with Crippen LogP contribution in [-0.2, 0) is 9.59 Å². The fourth-order valence-corrected chi connectivity index (χ4v) is 4.31. The van der Waals surface area contributed by atoms with Crippen LogP contribution in [0.1, 0.15) is 25.8 Å².